The van der Waals surface area contributed by atoms with Gasteiger partial charge in [-0.05, 0) is 66.8 Å². The topological polar surface area (TPSA) is 48.8 Å². The Kier molecular flexibility index (Phi) is 10.7. The maximum absolute atomic E-state index is 5.97. The minimum Gasteiger partial charge on any atom is -0.355 e. The minimum atomic E-state index is 0. The van der Waals surface area contributed by atoms with Crippen molar-refractivity contribution in [3.63, 3.8) is 0 Å². The maximum Gasteiger partial charge on any atom is 0.212 e. The SMILES string of the molecule is Br.Clc1ccc(C=CC(C=Cc2ccc(Cl)cc2)=NN/C2=N/CCCCCN2)cc1. The Morgan fingerprint density at radius 2 is 1.43 bits per heavy atom. The highest BCUT2D eigenvalue weighted by molar-refractivity contribution is 8.93. The molecule has 0 aliphatic carbocycles. The third-order valence-electron chi connectivity index (χ3n) is 4.32. The summed E-state index contributed by atoms with van der Waals surface area (Å²) in [5.41, 5.74) is 5.92. The average molecular weight is 508 g/mol. The molecule has 30 heavy (non-hydrogen) atoms. The van der Waals surface area contributed by atoms with Crippen molar-refractivity contribution >= 4 is 64.0 Å². The molecule has 4 nitrogen and oxygen atoms in total. The van der Waals surface area contributed by atoms with E-state index in [1.54, 1.807) is 0 Å². The molecule has 158 valence electrons. The number of nitrogens with one attached hydrogen (secondary N) is 2. The fourth-order valence-electron chi connectivity index (χ4n) is 2.70. The van der Waals surface area contributed by atoms with Gasteiger partial charge in [0.1, 0.15) is 0 Å². The number of nitrogens with zero attached hydrogens (tertiary/aromatic N) is 2. The van der Waals surface area contributed by atoms with Crippen LogP contribution >= 0.6 is 40.2 Å². The summed E-state index contributed by atoms with van der Waals surface area (Å²) in [4.78, 5) is 4.52. The van der Waals surface area contributed by atoms with Crippen molar-refractivity contribution in [1.82, 2.24) is 10.7 Å². The number of hydrogen-bond donors (Lipinski definition) is 2. The second kappa shape index (κ2) is 13.3. The third kappa shape index (κ3) is 8.74. The highest BCUT2D eigenvalue weighted by Crippen LogP contribution is 2.12. The van der Waals surface area contributed by atoms with E-state index in [1.807, 2.05) is 72.8 Å². The molecule has 1 aliphatic rings. The Balaban J connectivity index is 0.00000320. The Hall–Kier alpha value is -2.08. The number of guanidine groups is 1. The first kappa shape index (κ1) is 24.2. The second-order valence-corrected chi connectivity index (χ2v) is 7.51. The van der Waals surface area contributed by atoms with E-state index in [1.165, 1.54) is 6.42 Å². The van der Waals surface area contributed by atoms with Gasteiger partial charge in [-0.15, -0.1) is 17.0 Å². The zero-order chi connectivity index (χ0) is 20.3. The van der Waals surface area contributed by atoms with Crippen molar-refractivity contribution in [1.29, 1.82) is 0 Å². The normalized spacial score (nSPS) is 16.0. The van der Waals surface area contributed by atoms with Crippen molar-refractivity contribution in [3.05, 3.63) is 81.9 Å². The highest BCUT2D eigenvalue weighted by Gasteiger charge is 2.01. The molecular weight excluding hydrogens is 483 g/mol. The maximum atomic E-state index is 5.97. The summed E-state index contributed by atoms with van der Waals surface area (Å²) < 4.78 is 0. The third-order valence-corrected chi connectivity index (χ3v) is 4.83. The molecule has 2 N–H and O–H groups in total. The van der Waals surface area contributed by atoms with Gasteiger partial charge in [-0.25, -0.2) is 5.43 Å². The Bertz CT molecular complexity index is 846. The van der Waals surface area contributed by atoms with E-state index in [9.17, 15) is 0 Å². The lowest BCUT2D eigenvalue weighted by Crippen LogP contribution is -2.36. The Morgan fingerprint density at radius 3 is 2.00 bits per heavy atom. The first-order valence-corrected chi connectivity index (χ1v) is 10.4. The number of hydrazone groups is 1. The molecule has 0 saturated carbocycles. The molecule has 0 amide bonds. The molecule has 0 radical (unpaired) electrons. The summed E-state index contributed by atoms with van der Waals surface area (Å²) in [6.07, 6.45) is 11.3. The van der Waals surface area contributed by atoms with Gasteiger partial charge in [0, 0.05) is 23.1 Å². The van der Waals surface area contributed by atoms with Gasteiger partial charge in [0.05, 0.1) is 5.71 Å². The van der Waals surface area contributed by atoms with Crippen LogP contribution in [0.1, 0.15) is 30.4 Å². The molecule has 1 aliphatic heterocycles. The highest BCUT2D eigenvalue weighted by atomic mass is 79.9. The van der Waals surface area contributed by atoms with Crippen LogP contribution in [0.5, 0.6) is 0 Å². The number of aliphatic imine (C=N–C) groups is 1. The average Bonchev–Trinajstić information content (AvgIpc) is 2.71. The van der Waals surface area contributed by atoms with Crippen LogP contribution in [0.4, 0.5) is 0 Å². The zero-order valence-corrected chi connectivity index (χ0v) is 19.7. The number of rotatable bonds is 5. The van der Waals surface area contributed by atoms with Crippen LogP contribution in [0.3, 0.4) is 0 Å². The van der Waals surface area contributed by atoms with Crippen LogP contribution < -0.4 is 10.7 Å². The predicted molar refractivity (Wildman–Crippen MR) is 136 cm³/mol. The fourth-order valence-corrected chi connectivity index (χ4v) is 2.95. The summed E-state index contributed by atoms with van der Waals surface area (Å²) in [5.74, 6) is 0.710. The van der Waals surface area contributed by atoms with Crippen LogP contribution in [0.15, 0.2) is 70.8 Å². The number of hydrogen-bond acceptors (Lipinski definition) is 4. The fraction of sp³-hybridized carbons (Fsp3) is 0.217. The second-order valence-electron chi connectivity index (χ2n) is 6.64. The summed E-state index contributed by atoms with van der Waals surface area (Å²) in [5, 5.41) is 9.26. The van der Waals surface area contributed by atoms with E-state index in [4.69, 9.17) is 23.2 Å². The molecule has 2 aromatic carbocycles. The number of benzene rings is 2. The predicted octanol–water partition coefficient (Wildman–Crippen LogP) is 6.37. The van der Waals surface area contributed by atoms with Crippen molar-refractivity contribution in [3.8, 4) is 0 Å². The molecule has 1 heterocycles. The molecule has 0 spiro atoms. The van der Waals surface area contributed by atoms with Gasteiger partial charge in [-0.2, -0.15) is 5.10 Å². The molecule has 0 fully saturated rings. The van der Waals surface area contributed by atoms with Crippen LogP contribution in [-0.2, 0) is 0 Å². The first-order chi connectivity index (χ1) is 14.2. The molecule has 3 rings (SSSR count). The number of allylic oxidation sites excluding steroid dienone is 2. The van der Waals surface area contributed by atoms with Crippen LogP contribution in [0, 0.1) is 0 Å². The van der Waals surface area contributed by atoms with Crippen molar-refractivity contribution in [2.24, 2.45) is 10.1 Å². The molecule has 0 aromatic heterocycles. The first-order valence-electron chi connectivity index (χ1n) is 9.68. The Labute approximate surface area is 198 Å². The Morgan fingerprint density at radius 1 is 0.867 bits per heavy atom. The van der Waals surface area contributed by atoms with Gasteiger partial charge in [0.15, 0.2) is 0 Å². The smallest absolute Gasteiger partial charge is 0.212 e. The van der Waals surface area contributed by atoms with Gasteiger partial charge < -0.3 is 5.32 Å². The van der Waals surface area contributed by atoms with Gasteiger partial charge in [-0.3, -0.25) is 4.99 Å². The molecule has 7 heteroatoms. The van der Waals surface area contributed by atoms with Gasteiger partial charge in [-0.1, -0.05) is 59.6 Å². The van der Waals surface area contributed by atoms with Crippen LogP contribution in [-0.4, -0.2) is 24.8 Å². The number of halogens is 3. The van der Waals surface area contributed by atoms with E-state index in [2.05, 4.69) is 20.8 Å². The van der Waals surface area contributed by atoms with Gasteiger partial charge >= 0.3 is 0 Å². The van der Waals surface area contributed by atoms with Crippen molar-refractivity contribution in [2.75, 3.05) is 13.1 Å². The van der Waals surface area contributed by atoms with E-state index < -0.39 is 0 Å². The van der Waals surface area contributed by atoms with E-state index in [-0.39, 0.29) is 17.0 Å². The van der Waals surface area contributed by atoms with E-state index in [0.717, 1.165) is 42.8 Å². The van der Waals surface area contributed by atoms with E-state index >= 15 is 0 Å². The van der Waals surface area contributed by atoms with Crippen LogP contribution in [0.25, 0.3) is 12.2 Å². The quantitative estimate of drug-likeness (QED) is 0.364. The molecular formula is C23H25BrCl2N4. The standard InChI is InChI=1S/C23H24Cl2N4.BrH/c24-20-10-4-18(5-11-20)8-14-22(15-9-19-6-12-21(25)13-7-19)28-29-23-26-16-2-1-3-17-27-23;/h4-15H,1-3,16-17H2,(H2,26,27,29);1H. The molecule has 0 unspecified atom stereocenters. The van der Waals surface area contributed by atoms with Crippen molar-refractivity contribution < 1.29 is 0 Å². The summed E-state index contributed by atoms with van der Waals surface area (Å²) in [6.45, 7) is 1.71. The largest absolute Gasteiger partial charge is 0.355 e. The summed E-state index contributed by atoms with van der Waals surface area (Å²) in [7, 11) is 0. The lowest BCUT2D eigenvalue weighted by atomic mass is 10.1. The van der Waals surface area contributed by atoms with Crippen molar-refractivity contribution in [2.45, 2.75) is 19.3 Å². The lowest BCUT2D eigenvalue weighted by Gasteiger charge is -2.12. The summed E-state index contributed by atoms with van der Waals surface area (Å²) in [6, 6.07) is 15.3. The molecule has 0 atom stereocenters. The molecule has 0 bridgehead atoms. The van der Waals surface area contributed by atoms with Gasteiger partial charge in [0.2, 0.25) is 5.96 Å². The molecule has 0 saturated heterocycles. The van der Waals surface area contributed by atoms with Gasteiger partial charge in [0.25, 0.3) is 0 Å². The van der Waals surface area contributed by atoms with E-state index in [0.29, 0.717) is 16.0 Å². The lowest BCUT2D eigenvalue weighted by molar-refractivity contribution is 0.640. The monoisotopic (exact) mass is 506 g/mol. The minimum absolute atomic E-state index is 0. The zero-order valence-electron chi connectivity index (χ0n) is 16.5. The molecule has 2 aromatic rings. The van der Waals surface area contributed by atoms with Crippen LogP contribution in [0.2, 0.25) is 10.0 Å². The summed E-state index contributed by atoms with van der Waals surface area (Å²) >= 11 is 11.9.